The van der Waals surface area contributed by atoms with Crippen molar-refractivity contribution in [2.45, 2.75) is 11.7 Å². The average molecular weight is 290 g/mol. The lowest BCUT2D eigenvalue weighted by molar-refractivity contribution is -0.133. The van der Waals surface area contributed by atoms with Gasteiger partial charge in [-0.05, 0) is 14.1 Å². The Morgan fingerprint density at radius 3 is 2.89 bits per heavy atom. The van der Waals surface area contributed by atoms with Crippen molar-refractivity contribution in [1.82, 2.24) is 19.7 Å². The Balaban J connectivity index is 2.41. The van der Waals surface area contributed by atoms with Crippen molar-refractivity contribution in [3.05, 3.63) is 10.5 Å². The maximum Gasteiger partial charge on any atom is 0.344 e. The molecule has 0 amide bonds. The third kappa shape index (κ3) is 5.90. The van der Waals surface area contributed by atoms with Gasteiger partial charge in [-0.2, -0.15) is 0 Å². The molecule has 0 saturated carbocycles. The topological polar surface area (TPSA) is 100 Å². The Morgan fingerprint density at radius 1 is 1.53 bits per heavy atom. The van der Waals surface area contributed by atoms with Crippen molar-refractivity contribution in [3.8, 4) is 0 Å². The molecule has 0 saturated heterocycles. The molecule has 2 N–H and O–H groups in total. The fourth-order valence-corrected chi connectivity index (χ4v) is 1.93. The Kier molecular flexibility index (Phi) is 6.60. The van der Waals surface area contributed by atoms with Crippen LogP contribution in [0.25, 0.3) is 0 Å². The van der Waals surface area contributed by atoms with Crippen molar-refractivity contribution in [2.24, 2.45) is 0 Å². The molecule has 0 bridgehead atoms. The van der Waals surface area contributed by atoms with Crippen LogP contribution in [-0.2, 0) is 16.1 Å². The Morgan fingerprint density at radius 2 is 2.26 bits per heavy atom. The lowest BCUT2D eigenvalue weighted by atomic mass is 10.6. The van der Waals surface area contributed by atoms with E-state index in [0.29, 0.717) is 24.9 Å². The Labute approximate surface area is 114 Å². The van der Waals surface area contributed by atoms with Gasteiger partial charge in [0.05, 0.1) is 25.5 Å². The van der Waals surface area contributed by atoms with Gasteiger partial charge in [-0.3, -0.25) is 9.36 Å². The van der Waals surface area contributed by atoms with Crippen molar-refractivity contribution in [2.75, 3.05) is 39.6 Å². The summed E-state index contributed by atoms with van der Waals surface area (Å²) in [5, 5.41) is 15.0. The predicted octanol–water partition coefficient (Wildman–Crippen LogP) is -0.674. The molecular weight excluding hydrogens is 272 g/mol. The summed E-state index contributed by atoms with van der Waals surface area (Å²) in [5.74, 6) is -1.08. The monoisotopic (exact) mass is 290 g/mol. The number of H-pyrrole nitrogens is 1. The van der Waals surface area contributed by atoms with Gasteiger partial charge < -0.3 is 14.7 Å². The number of nitrogens with zero attached hydrogens (tertiary/aromatic N) is 3. The number of aromatic nitrogens is 3. The average Bonchev–Trinajstić information content (AvgIpc) is 2.67. The molecule has 0 aliphatic heterocycles. The van der Waals surface area contributed by atoms with Gasteiger partial charge in [-0.25, -0.2) is 9.89 Å². The third-order valence-electron chi connectivity index (χ3n) is 2.19. The summed E-state index contributed by atoms with van der Waals surface area (Å²) in [5.41, 5.74) is -0.357. The van der Waals surface area contributed by atoms with E-state index in [-0.39, 0.29) is 11.4 Å². The smallest absolute Gasteiger partial charge is 0.344 e. The number of rotatable bonds is 9. The number of aromatic amines is 1. The standard InChI is InChI=1S/C10H18N4O4S/c1-13(2)3-5-18-6-4-14-9(17)11-12-10(14)19-7-8(15)16/h3-7H2,1-2H3,(H,11,17)(H,15,16). The zero-order valence-corrected chi connectivity index (χ0v) is 11.8. The van der Waals surface area contributed by atoms with Crippen LogP contribution in [-0.4, -0.2) is 70.3 Å². The number of hydrogen-bond donors (Lipinski definition) is 2. The second-order valence-corrected chi connectivity index (χ2v) is 5.00. The minimum absolute atomic E-state index is 0.133. The van der Waals surface area contributed by atoms with Crippen LogP contribution in [0.3, 0.4) is 0 Å². The molecule has 0 radical (unpaired) electrons. The summed E-state index contributed by atoms with van der Waals surface area (Å²) in [6.45, 7) is 2.12. The normalized spacial score (nSPS) is 11.1. The number of ether oxygens (including phenoxy) is 1. The van der Waals surface area contributed by atoms with E-state index >= 15 is 0 Å². The van der Waals surface area contributed by atoms with Crippen LogP contribution in [0.2, 0.25) is 0 Å². The molecule has 0 atom stereocenters. The van der Waals surface area contributed by atoms with Crippen molar-refractivity contribution in [3.63, 3.8) is 0 Å². The van der Waals surface area contributed by atoms with Gasteiger partial charge in [-0.1, -0.05) is 11.8 Å². The number of carboxylic acid groups (broad SMARTS) is 1. The van der Waals surface area contributed by atoms with E-state index in [1.165, 1.54) is 4.57 Å². The molecule has 1 heterocycles. The van der Waals surface area contributed by atoms with E-state index in [1.807, 2.05) is 19.0 Å². The molecule has 0 unspecified atom stereocenters. The second kappa shape index (κ2) is 7.97. The molecule has 1 aromatic rings. The van der Waals surface area contributed by atoms with Crippen LogP contribution in [0.4, 0.5) is 0 Å². The highest BCUT2D eigenvalue weighted by atomic mass is 32.2. The summed E-state index contributed by atoms with van der Waals surface area (Å²) < 4.78 is 6.76. The first-order valence-electron chi connectivity index (χ1n) is 5.73. The van der Waals surface area contributed by atoms with E-state index in [0.717, 1.165) is 18.3 Å². The predicted molar refractivity (Wildman–Crippen MR) is 70.6 cm³/mol. The van der Waals surface area contributed by atoms with Gasteiger partial charge >= 0.3 is 11.7 Å². The Bertz CT molecular complexity index is 457. The maximum atomic E-state index is 11.5. The number of thioether (sulfide) groups is 1. The van der Waals surface area contributed by atoms with Crippen LogP contribution in [0.15, 0.2) is 9.95 Å². The first-order valence-corrected chi connectivity index (χ1v) is 6.71. The summed E-state index contributed by atoms with van der Waals surface area (Å²) >= 11 is 1.00. The number of hydrogen-bond acceptors (Lipinski definition) is 6. The van der Waals surface area contributed by atoms with E-state index in [9.17, 15) is 9.59 Å². The number of carbonyl (C=O) groups is 1. The first-order chi connectivity index (χ1) is 9.00. The highest BCUT2D eigenvalue weighted by Crippen LogP contribution is 2.12. The van der Waals surface area contributed by atoms with Gasteiger partial charge in [-0.15, -0.1) is 5.10 Å². The summed E-state index contributed by atoms with van der Waals surface area (Å²) in [6.07, 6.45) is 0. The van der Waals surface area contributed by atoms with E-state index < -0.39 is 5.97 Å². The van der Waals surface area contributed by atoms with Crippen molar-refractivity contribution in [1.29, 1.82) is 0 Å². The van der Waals surface area contributed by atoms with Crippen molar-refractivity contribution >= 4 is 17.7 Å². The van der Waals surface area contributed by atoms with Gasteiger partial charge in [0.1, 0.15) is 0 Å². The number of carboxylic acids is 1. The lowest BCUT2D eigenvalue weighted by Crippen LogP contribution is -2.23. The molecule has 0 aromatic carbocycles. The lowest BCUT2D eigenvalue weighted by Gasteiger charge is -2.10. The molecule has 0 aliphatic rings. The zero-order chi connectivity index (χ0) is 14.3. The number of aliphatic carboxylic acids is 1. The van der Waals surface area contributed by atoms with E-state index in [2.05, 4.69) is 10.2 Å². The molecular formula is C10H18N4O4S. The molecule has 8 nitrogen and oxygen atoms in total. The third-order valence-corrected chi connectivity index (χ3v) is 3.15. The molecule has 0 fully saturated rings. The molecule has 9 heteroatoms. The Hall–Kier alpha value is -1.32. The first kappa shape index (κ1) is 15.7. The maximum absolute atomic E-state index is 11.5. The fourth-order valence-electron chi connectivity index (χ4n) is 1.24. The van der Waals surface area contributed by atoms with Crippen LogP contribution >= 0.6 is 11.8 Å². The molecule has 1 rings (SSSR count). The van der Waals surface area contributed by atoms with Crippen LogP contribution in [0, 0.1) is 0 Å². The molecule has 108 valence electrons. The quantitative estimate of drug-likeness (QED) is 0.459. The SMILES string of the molecule is CN(C)CCOCCn1c(SCC(=O)O)n[nH]c1=O. The summed E-state index contributed by atoms with van der Waals surface area (Å²) in [6, 6.07) is 0. The highest BCUT2D eigenvalue weighted by molar-refractivity contribution is 7.99. The van der Waals surface area contributed by atoms with Crippen molar-refractivity contribution < 1.29 is 14.6 Å². The van der Waals surface area contributed by atoms with Gasteiger partial charge in [0.25, 0.3) is 0 Å². The molecule has 0 aliphatic carbocycles. The van der Waals surface area contributed by atoms with Crippen LogP contribution in [0.5, 0.6) is 0 Å². The molecule has 0 spiro atoms. The summed E-state index contributed by atoms with van der Waals surface area (Å²) in [7, 11) is 3.90. The fraction of sp³-hybridized carbons (Fsp3) is 0.700. The van der Waals surface area contributed by atoms with Crippen LogP contribution in [0.1, 0.15) is 0 Å². The molecule has 1 aromatic heterocycles. The number of likely N-dealkylation sites (N-methyl/N-ethyl adjacent to an activating group) is 1. The van der Waals surface area contributed by atoms with Crippen LogP contribution < -0.4 is 5.69 Å². The minimum atomic E-state index is -0.950. The summed E-state index contributed by atoms with van der Waals surface area (Å²) in [4.78, 5) is 24.0. The minimum Gasteiger partial charge on any atom is -0.481 e. The van der Waals surface area contributed by atoms with Gasteiger partial charge in [0, 0.05) is 6.54 Å². The van der Waals surface area contributed by atoms with Gasteiger partial charge in [0.15, 0.2) is 5.16 Å². The largest absolute Gasteiger partial charge is 0.481 e. The highest BCUT2D eigenvalue weighted by Gasteiger charge is 2.10. The zero-order valence-electron chi connectivity index (χ0n) is 11.0. The van der Waals surface area contributed by atoms with Gasteiger partial charge in [0.2, 0.25) is 0 Å². The molecule has 19 heavy (non-hydrogen) atoms. The number of nitrogens with one attached hydrogen (secondary N) is 1. The van der Waals surface area contributed by atoms with E-state index in [1.54, 1.807) is 0 Å². The van der Waals surface area contributed by atoms with E-state index in [4.69, 9.17) is 9.84 Å². The second-order valence-electron chi connectivity index (χ2n) is 4.06.